The highest BCUT2D eigenvalue weighted by atomic mass is 35.6. The Morgan fingerprint density at radius 1 is 0.781 bits per heavy atom. The second-order valence-corrected chi connectivity index (χ2v) is 11.1. The summed E-state index contributed by atoms with van der Waals surface area (Å²) in [4.78, 5) is 12.1. The van der Waals surface area contributed by atoms with Gasteiger partial charge in [-0.2, -0.15) is 4.57 Å². The Balaban J connectivity index is 1.79. The lowest BCUT2D eigenvalue weighted by atomic mass is 10.1. The summed E-state index contributed by atoms with van der Waals surface area (Å²) in [5.74, 6) is -0.0836. The lowest BCUT2D eigenvalue weighted by Crippen LogP contribution is -2.32. The van der Waals surface area contributed by atoms with E-state index in [9.17, 15) is 0 Å². The number of benzene rings is 1. The molecular weight excluding hydrogens is 533 g/mol. The fourth-order valence-corrected chi connectivity index (χ4v) is 3.39. The van der Waals surface area contributed by atoms with Crippen LogP contribution in [0.25, 0.3) is 23.1 Å². The molecule has 32 heavy (non-hydrogen) atoms. The summed E-state index contributed by atoms with van der Waals surface area (Å²) in [6, 6.07) is 10.4. The number of rotatable bonds is 5. The molecular formula is C22H17Cl6N4+. The maximum absolute atomic E-state index is 5.87. The van der Waals surface area contributed by atoms with Crippen molar-refractivity contribution in [3.63, 3.8) is 0 Å². The molecule has 0 spiro atoms. The summed E-state index contributed by atoms with van der Waals surface area (Å²) in [7, 11) is 0. The number of allylic oxidation sites excluding steroid dienone is 4. The second-order valence-electron chi connectivity index (χ2n) is 6.51. The lowest BCUT2D eigenvalue weighted by Gasteiger charge is -2.14. The van der Waals surface area contributed by atoms with Crippen LogP contribution in [-0.4, -0.2) is 15.0 Å². The van der Waals surface area contributed by atoms with Gasteiger partial charge in [0.25, 0.3) is 0 Å². The van der Waals surface area contributed by atoms with Crippen molar-refractivity contribution in [2.45, 2.75) is 21.1 Å². The summed E-state index contributed by atoms with van der Waals surface area (Å²) in [6.45, 7) is 3.03. The van der Waals surface area contributed by atoms with E-state index >= 15 is 0 Å². The van der Waals surface area contributed by atoms with Crippen LogP contribution in [0.1, 0.15) is 30.0 Å². The number of pyridine rings is 1. The molecule has 0 radical (unpaired) electrons. The van der Waals surface area contributed by atoms with E-state index in [1.165, 1.54) is 10.9 Å². The van der Waals surface area contributed by atoms with E-state index in [0.29, 0.717) is 0 Å². The number of halogens is 6. The second kappa shape index (κ2) is 10.7. The van der Waals surface area contributed by atoms with Gasteiger partial charge in [-0.25, -0.2) is 15.0 Å². The minimum atomic E-state index is -1.89. The SMILES string of the molecule is CC[n+]1ccc(/C=C/C=C/C=C/c2nc(C(Cl)(Cl)Cl)nc(C(Cl)(Cl)Cl)n2)c2ccccc21. The summed E-state index contributed by atoms with van der Waals surface area (Å²) < 4.78 is -1.57. The molecule has 0 aliphatic carbocycles. The van der Waals surface area contributed by atoms with Crippen molar-refractivity contribution in [3.05, 3.63) is 83.9 Å². The Labute approximate surface area is 216 Å². The maximum atomic E-state index is 5.87. The molecule has 0 atom stereocenters. The summed E-state index contributed by atoms with van der Waals surface area (Å²) in [6.07, 6.45) is 13.1. The monoisotopic (exact) mass is 547 g/mol. The Kier molecular flexibility index (Phi) is 8.42. The van der Waals surface area contributed by atoms with Gasteiger partial charge in [-0.05, 0) is 24.6 Å². The first-order valence-electron chi connectivity index (χ1n) is 9.42. The predicted octanol–water partition coefficient (Wildman–Crippen LogP) is 7.27. The first kappa shape index (κ1) is 25.2. The van der Waals surface area contributed by atoms with Gasteiger partial charge in [-0.1, -0.05) is 112 Å². The van der Waals surface area contributed by atoms with Crippen molar-refractivity contribution in [2.24, 2.45) is 0 Å². The number of hydrogen-bond donors (Lipinski definition) is 0. The van der Waals surface area contributed by atoms with E-state index < -0.39 is 7.59 Å². The molecule has 0 amide bonds. The van der Waals surface area contributed by atoms with Crippen molar-refractivity contribution >= 4 is 92.7 Å². The molecule has 0 aliphatic rings. The van der Waals surface area contributed by atoms with Gasteiger partial charge in [0.15, 0.2) is 23.7 Å². The van der Waals surface area contributed by atoms with Crippen LogP contribution in [0.2, 0.25) is 0 Å². The molecule has 2 aromatic heterocycles. The zero-order chi connectivity index (χ0) is 23.4. The predicted molar refractivity (Wildman–Crippen MR) is 135 cm³/mol. The first-order valence-corrected chi connectivity index (χ1v) is 11.7. The molecule has 10 heteroatoms. The lowest BCUT2D eigenvalue weighted by molar-refractivity contribution is -0.667. The highest BCUT2D eigenvalue weighted by Gasteiger charge is 2.33. The molecule has 0 N–H and O–H groups in total. The number of para-hydroxylation sites is 1. The van der Waals surface area contributed by atoms with Crippen molar-refractivity contribution < 1.29 is 4.57 Å². The van der Waals surface area contributed by atoms with E-state index in [0.717, 1.165) is 12.1 Å². The number of alkyl halides is 6. The maximum Gasteiger partial charge on any atom is 0.250 e. The van der Waals surface area contributed by atoms with Crippen LogP contribution in [0.5, 0.6) is 0 Å². The Bertz CT molecular complexity index is 1160. The van der Waals surface area contributed by atoms with Gasteiger partial charge in [0.05, 0.1) is 5.39 Å². The van der Waals surface area contributed by atoms with Gasteiger partial charge in [-0.15, -0.1) is 0 Å². The standard InChI is InChI=1S/C22H17Cl6N4/c1-2-32-14-13-15(16-10-7-8-11-17(16)32)9-5-3-4-6-12-18-29-19(21(23,24)25)31-20(30-18)22(26,27)28/h3-14H,2H2,1H3/q+1/b4-3+,9-5+,12-6+. The Morgan fingerprint density at radius 2 is 1.38 bits per heavy atom. The van der Waals surface area contributed by atoms with E-state index in [1.807, 2.05) is 36.4 Å². The molecule has 0 saturated heterocycles. The Hall–Kier alpha value is -1.40. The van der Waals surface area contributed by atoms with Gasteiger partial charge in [0.2, 0.25) is 13.1 Å². The Morgan fingerprint density at radius 3 is 1.97 bits per heavy atom. The fraction of sp³-hybridized carbons (Fsp3) is 0.182. The van der Waals surface area contributed by atoms with Crippen LogP contribution in [0, 0.1) is 0 Å². The quantitative estimate of drug-likeness (QED) is 0.191. The molecule has 2 heterocycles. The highest BCUT2D eigenvalue weighted by Crippen LogP contribution is 2.39. The molecule has 0 unspecified atom stereocenters. The van der Waals surface area contributed by atoms with Crippen LogP contribution in [0.15, 0.2) is 60.8 Å². The zero-order valence-corrected chi connectivity index (χ0v) is 21.2. The van der Waals surface area contributed by atoms with Crippen LogP contribution in [0.3, 0.4) is 0 Å². The summed E-state index contributed by atoms with van der Waals surface area (Å²) in [5, 5.41) is 1.18. The first-order chi connectivity index (χ1) is 15.1. The molecule has 0 aliphatic heterocycles. The van der Waals surface area contributed by atoms with Gasteiger partial charge in [0.1, 0.15) is 6.54 Å². The molecule has 0 saturated carbocycles. The average Bonchev–Trinajstić information content (AvgIpc) is 2.74. The third kappa shape index (κ3) is 6.57. The van der Waals surface area contributed by atoms with Gasteiger partial charge < -0.3 is 0 Å². The number of fused-ring (bicyclic) bond motifs is 1. The fourth-order valence-electron chi connectivity index (χ4n) is 2.88. The number of aromatic nitrogens is 4. The third-order valence-electron chi connectivity index (χ3n) is 4.31. The van der Waals surface area contributed by atoms with Crippen molar-refractivity contribution in [3.8, 4) is 0 Å². The molecule has 4 nitrogen and oxygen atoms in total. The van der Waals surface area contributed by atoms with Crippen molar-refractivity contribution in [1.82, 2.24) is 15.0 Å². The summed E-state index contributed by atoms with van der Waals surface area (Å²) >= 11 is 35.2. The van der Waals surface area contributed by atoms with Crippen molar-refractivity contribution in [2.75, 3.05) is 0 Å². The molecule has 1 aromatic carbocycles. The van der Waals surface area contributed by atoms with Crippen LogP contribution < -0.4 is 4.57 Å². The minimum Gasteiger partial charge on any atom is -0.209 e. The van der Waals surface area contributed by atoms with Crippen molar-refractivity contribution in [1.29, 1.82) is 0 Å². The van der Waals surface area contributed by atoms with E-state index in [1.54, 1.807) is 12.2 Å². The molecule has 0 fully saturated rings. The normalized spacial score (nSPS) is 13.2. The van der Waals surface area contributed by atoms with Gasteiger partial charge in [0, 0.05) is 12.1 Å². The van der Waals surface area contributed by atoms with Gasteiger partial charge in [-0.3, -0.25) is 0 Å². The third-order valence-corrected chi connectivity index (χ3v) is 5.33. The topological polar surface area (TPSA) is 42.5 Å². The number of aryl methyl sites for hydroxylation is 1. The number of hydrogen-bond acceptors (Lipinski definition) is 3. The van der Waals surface area contributed by atoms with Crippen LogP contribution >= 0.6 is 69.6 Å². The largest absolute Gasteiger partial charge is 0.250 e. The van der Waals surface area contributed by atoms with E-state index in [2.05, 4.69) is 50.8 Å². The summed E-state index contributed by atoms with van der Waals surface area (Å²) in [5.41, 5.74) is 2.31. The van der Waals surface area contributed by atoms with Gasteiger partial charge >= 0.3 is 0 Å². The minimum absolute atomic E-state index is 0.136. The number of nitrogens with zero attached hydrogens (tertiary/aromatic N) is 4. The molecule has 3 aromatic rings. The molecule has 3 rings (SSSR count). The molecule has 0 bridgehead atoms. The average molecular weight is 550 g/mol. The van der Waals surface area contributed by atoms with Crippen LogP contribution in [-0.2, 0) is 14.1 Å². The van der Waals surface area contributed by atoms with Crippen LogP contribution in [0.4, 0.5) is 0 Å². The van der Waals surface area contributed by atoms with E-state index in [4.69, 9.17) is 69.6 Å². The smallest absolute Gasteiger partial charge is 0.209 e. The zero-order valence-electron chi connectivity index (χ0n) is 16.7. The molecule has 166 valence electrons. The van der Waals surface area contributed by atoms with E-state index in [-0.39, 0.29) is 17.5 Å². The highest BCUT2D eigenvalue weighted by molar-refractivity contribution is 6.67.